The number of hydrogen-bond donors (Lipinski definition) is 0. The fourth-order valence-corrected chi connectivity index (χ4v) is 4.05. The lowest BCUT2D eigenvalue weighted by molar-refractivity contribution is 0.304. The monoisotopic (exact) mass is 341 g/mol. The van der Waals surface area contributed by atoms with Crippen molar-refractivity contribution < 1.29 is 4.42 Å². The molecule has 0 radical (unpaired) electrons. The van der Waals surface area contributed by atoms with Gasteiger partial charge in [0.25, 0.3) is 0 Å². The van der Waals surface area contributed by atoms with Crippen molar-refractivity contribution in [3.8, 4) is 0 Å². The van der Waals surface area contributed by atoms with Crippen LogP contribution in [0, 0.1) is 18.8 Å². The lowest BCUT2D eigenvalue weighted by atomic mass is 9.92. The molecule has 2 atom stereocenters. The van der Waals surface area contributed by atoms with Gasteiger partial charge in [0, 0.05) is 51.1 Å². The highest BCUT2D eigenvalue weighted by atomic mass is 16.3. The minimum Gasteiger partial charge on any atom is -0.449 e. The summed E-state index contributed by atoms with van der Waals surface area (Å²) in [6.45, 7) is 13.8. The number of aryl methyl sites for hydroxylation is 1. The zero-order chi connectivity index (χ0) is 17.6. The van der Waals surface area contributed by atoms with Gasteiger partial charge in [-0.15, -0.1) is 0 Å². The number of anilines is 1. The Morgan fingerprint density at radius 3 is 2.44 bits per heavy atom. The topological polar surface area (TPSA) is 58.3 Å². The second kappa shape index (κ2) is 6.09. The van der Waals surface area contributed by atoms with Gasteiger partial charge in [-0.25, -0.2) is 15.0 Å². The summed E-state index contributed by atoms with van der Waals surface area (Å²) in [4.78, 5) is 18.4. The Kier molecular flexibility index (Phi) is 4.02. The smallest absolute Gasteiger partial charge is 0.191 e. The highest BCUT2D eigenvalue weighted by Crippen LogP contribution is 2.34. The average Bonchev–Trinajstić information content (AvgIpc) is 3.22. The molecule has 0 aromatic carbocycles. The van der Waals surface area contributed by atoms with Crippen molar-refractivity contribution in [1.29, 1.82) is 0 Å². The molecule has 2 fully saturated rings. The summed E-state index contributed by atoms with van der Waals surface area (Å²) >= 11 is 0. The summed E-state index contributed by atoms with van der Waals surface area (Å²) in [7, 11) is 0. The predicted molar refractivity (Wildman–Crippen MR) is 96.4 cm³/mol. The van der Waals surface area contributed by atoms with Crippen LogP contribution in [0.2, 0.25) is 0 Å². The minimum absolute atomic E-state index is 0.0554. The molecular weight excluding hydrogens is 314 g/mol. The van der Waals surface area contributed by atoms with Crippen LogP contribution in [-0.4, -0.2) is 46.0 Å². The molecule has 0 saturated carbocycles. The highest BCUT2D eigenvalue weighted by Gasteiger charge is 2.40. The Morgan fingerprint density at radius 1 is 1.12 bits per heavy atom. The van der Waals surface area contributed by atoms with Crippen LogP contribution in [0.15, 0.2) is 23.1 Å². The first-order valence-corrected chi connectivity index (χ1v) is 9.09. The van der Waals surface area contributed by atoms with E-state index in [0.717, 1.165) is 55.8 Å². The van der Waals surface area contributed by atoms with E-state index >= 15 is 0 Å². The molecule has 0 bridgehead atoms. The Labute approximate surface area is 149 Å². The molecule has 0 amide bonds. The first kappa shape index (κ1) is 16.5. The zero-order valence-electron chi connectivity index (χ0n) is 15.6. The van der Waals surface area contributed by atoms with Gasteiger partial charge in [-0.05, 0) is 11.8 Å². The molecule has 2 saturated heterocycles. The normalized spacial score (nSPS) is 24.1. The number of fused-ring (bicyclic) bond motifs is 1. The van der Waals surface area contributed by atoms with E-state index in [1.165, 1.54) is 0 Å². The maximum Gasteiger partial charge on any atom is 0.191 e. The van der Waals surface area contributed by atoms with Crippen LogP contribution in [-0.2, 0) is 12.0 Å². The molecule has 0 spiro atoms. The number of aromatic nitrogens is 3. The molecule has 2 aromatic heterocycles. The van der Waals surface area contributed by atoms with Gasteiger partial charge >= 0.3 is 0 Å². The molecule has 2 unspecified atom stereocenters. The fraction of sp³-hybridized carbons (Fsp3) is 0.632. The van der Waals surface area contributed by atoms with E-state index in [9.17, 15) is 0 Å². The van der Waals surface area contributed by atoms with Crippen LogP contribution in [0.1, 0.15) is 38.0 Å². The maximum absolute atomic E-state index is 5.32. The van der Waals surface area contributed by atoms with Crippen molar-refractivity contribution in [3.63, 3.8) is 0 Å². The van der Waals surface area contributed by atoms with Crippen molar-refractivity contribution in [3.05, 3.63) is 35.9 Å². The van der Waals surface area contributed by atoms with E-state index in [0.29, 0.717) is 11.8 Å². The van der Waals surface area contributed by atoms with Crippen LogP contribution < -0.4 is 4.90 Å². The second-order valence-electron chi connectivity index (χ2n) is 8.49. The molecule has 4 heterocycles. The lowest BCUT2D eigenvalue weighted by Gasteiger charge is -2.24. The Balaban J connectivity index is 1.39. The van der Waals surface area contributed by atoms with Gasteiger partial charge in [-0.3, -0.25) is 4.90 Å². The first-order chi connectivity index (χ1) is 11.9. The third kappa shape index (κ3) is 3.40. The van der Waals surface area contributed by atoms with E-state index in [2.05, 4.69) is 51.6 Å². The van der Waals surface area contributed by atoms with Crippen LogP contribution >= 0.6 is 0 Å². The number of hydrogen-bond acceptors (Lipinski definition) is 6. The van der Waals surface area contributed by atoms with Gasteiger partial charge in [-0.1, -0.05) is 20.8 Å². The molecule has 134 valence electrons. The van der Waals surface area contributed by atoms with E-state index in [-0.39, 0.29) is 5.41 Å². The van der Waals surface area contributed by atoms with Gasteiger partial charge in [0.05, 0.1) is 11.4 Å². The lowest BCUT2D eigenvalue weighted by Crippen LogP contribution is -2.29. The summed E-state index contributed by atoms with van der Waals surface area (Å²) in [5.74, 6) is 3.24. The summed E-state index contributed by atoms with van der Waals surface area (Å²) < 4.78 is 5.32. The van der Waals surface area contributed by atoms with Crippen molar-refractivity contribution in [2.45, 2.75) is 39.7 Å². The van der Waals surface area contributed by atoms with Crippen molar-refractivity contribution in [2.75, 3.05) is 31.1 Å². The van der Waals surface area contributed by atoms with Crippen LogP contribution in [0.25, 0.3) is 0 Å². The van der Waals surface area contributed by atoms with Gasteiger partial charge < -0.3 is 9.32 Å². The SMILES string of the molecule is Cc1nc(CN2CC3CN(c4cc(C(C)(C)C)ncn4)CC3C2)co1. The largest absolute Gasteiger partial charge is 0.449 e. The number of nitrogens with zero attached hydrogens (tertiary/aromatic N) is 5. The molecule has 6 nitrogen and oxygen atoms in total. The van der Waals surface area contributed by atoms with Crippen molar-refractivity contribution in [1.82, 2.24) is 19.9 Å². The second-order valence-corrected chi connectivity index (χ2v) is 8.49. The van der Waals surface area contributed by atoms with E-state index in [4.69, 9.17) is 4.42 Å². The molecule has 4 rings (SSSR count). The van der Waals surface area contributed by atoms with Crippen LogP contribution in [0.5, 0.6) is 0 Å². The first-order valence-electron chi connectivity index (χ1n) is 9.09. The third-order valence-corrected chi connectivity index (χ3v) is 5.36. The molecule has 25 heavy (non-hydrogen) atoms. The van der Waals surface area contributed by atoms with Gasteiger partial charge in [0.1, 0.15) is 18.4 Å². The maximum atomic E-state index is 5.32. The number of likely N-dealkylation sites (tertiary alicyclic amines) is 1. The molecule has 2 aromatic rings. The number of oxazole rings is 1. The average molecular weight is 341 g/mol. The summed E-state index contributed by atoms with van der Waals surface area (Å²) in [6.07, 6.45) is 3.49. The van der Waals surface area contributed by atoms with Crippen LogP contribution in [0.3, 0.4) is 0 Å². The van der Waals surface area contributed by atoms with E-state index in [1.54, 1.807) is 12.6 Å². The Morgan fingerprint density at radius 2 is 1.84 bits per heavy atom. The molecular formula is C19H27N5O. The third-order valence-electron chi connectivity index (χ3n) is 5.36. The highest BCUT2D eigenvalue weighted by molar-refractivity contribution is 5.42. The molecule has 2 aliphatic rings. The van der Waals surface area contributed by atoms with Crippen molar-refractivity contribution >= 4 is 5.82 Å². The molecule has 6 heteroatoms. The molecule has 0 N–H and O–H groups in total. The van der Waals surface area contributed by atoms with E-state index < -0.39 is 0 Å². The quantitative estimate of drug-likeness (QED) is 0.855. The Bertz CT molecular complexity index is 736. The minimum atomic E-state index is 0.0554. The molecule has 0 aliphatic carbocycles. The summed E-state index contributed by atoms with van der Waals surface area (Å²) in [5, 5.41) is 0. The Hall–Kier alpha value is -1.95. The molecule has 2 aliphatic heterocycles. The van der Waals surface area contributed by atoms with E-state index in [1.807, 2.05) is 6.92 Å². The van der Waals surface area contributed by atoms with Crippen LogP contribution in [0.4, 0.5) is 5.82 Å². The van der Waals surface area contributed by atoms with Gasteiger partial charge in [0.15, 0.2) is 5.89 Å². The van der Waals surface area contributed by atoms with Crippen molar-refractivity contribution in [2.24, 2.45) is 11.8 Å². The number of rotatable bonds is 3. The standard InChI is InChI=1S/C19H27N5O/c1-13-22-16(11-25-13)10-23-6-14-8-24(9-15(14)7-23)18-5-17(19(2,3)4)20-12-21-18/h5,11-12,14-15H,6-10H2,1-4H3. The summed E-state index contributed by atoms with van der Waals surface area (Å²) in [6, 6.07) is 2.16. The summed E-state index contributed by atoms with van der Waals surface area (Å²) in [5.41, 5.74) is 2.21. The van der Waals surface area contributed by atoms with Gasteiger partial charge in [-0.2, -0.15) is 0 Å². The predicted octanol–water partition coefficient (Wildman–Crippen LogP) is 2.64. The fourth-order valence-electron chi connectivity index (χ4n) is 4.05. The zero-order valence-corrected chi connectivity index (χ0v) is 15.6. The van der Waals surface area contributed by atoms with Gasteiger partial charge in [0.2, 0.25) is 0 Å².